The Morgan fingerprint density at radius 3 is 2.70 bits per heavy atom. The van der Waals surface area contributed by atoms with Crippen molar-refractivity contribution in [3.05, 3.63) is 47.8 Å². The summed E-state index contributed by atoms with van der Waals surface area (Å²) in [5.41, 5.74) is 10.8. The molecule has 5 rings (SSSR count). The molecule has 1 aromatic rings. The van der Waals surface area contributed by atoms with E-state index in [-0.39, 0.29) is 16.7 Å². The number of carboxylic acid groups (broad SMARTS) is 1. The molecule has 0 amide bonds. The quantitative estimate of drug-likeness (QED) is 0.688. The van der Waals surface area contributed by atoms with Gasteiger partial charge >= 0.3 is 5.97 Å². The van der Waals surface area contributed by atoms with Gasteiger partial charge in [0.05, 0.1) is 0 Å². The zero-order valence-electron chi connectivity index (χ0n) is 18.2. The molecular formula is C26H34N2O2. The second-order valence-corrected chi connectivity index (χ2v) is 10.7. The van der Waals surface area contributed by atoms with E-state index in [0.29, 0.717) is 17.8 Å². The Kier molecular flexibility index (Phi) is 4.70. The summed E-state index contributed by atoms with van der Waals surface area (Å²) in [6.07, 6.45) is 16.6. The highest BCUT2D eigenvalue weighted by Crippen LogP contribution is 2.66. The molecule has 0 bridgehead atoms. The van der Waals surface area contributed by atoms with Crippen LogP contribution in [0.2, 0.25) is 0 Å². The highest BCUT2D eigenvalue weighted by molar-refractivity contribution is 5.74. The Morgan fingerprint density at radius 1 is 1.17 bits per heavy atom. The van der Waals surface area contributed by atoms with Crippen molar-refractivity contribution in [3.8, 4) is 0 Å². The zero-order valence-corrected chi connectivity index (χ0v) is 18.2. The maximum Gasteiger partial charge on any atom is 0.320 e. The number of nitrogens with zero attached hydrogens (tertiary/aromatic N) is 1. The summed E-state index contributed by atoms with van der Waals surface area (Å²) in [5.74, 6) is 1.34. The molecule has 0 aliphatic heterocycles. The van der Waals surface area contributed by atoms with Gasteiger partial charge in [-0.15, -0.1) is 0 Å². The van der Waals surface area contributed by atoms with Gasteiger partial charge in [0.1, 0.15) is 6.04 Å². The second kappa shape index (κ2) is 7.05. The zero-order chi connectivity index (χ0) is 21.1. The summed E-state index contributed by atoms with van der Waals surface area (Å²) in [4.78, 5) is 15.8. The number of rotatable bonds is 3. The maximum atomic E-state index is 11.4. The van der Waals surface area contributed by atoms with E-state index in [2.05, 4.69) is 43.1 Å². The van der Waals surface area contributed by atoms with E-state index in [1.165, 1.54) is 36.0 Å². The Morgan fingerprint density at radius 2 is 1.97 bits per heavy atom. The normalized spacial score (nSPS) is 41.0. The van der Waals surface area contributed by atoms with Gasteiger partial charge in [-0.1, -0.05) is 37.6 Å². The molecule has 0 saturated heterocycles. The summed E-state index contributed by atoms with van der Waals surface area (Å²) < 4.78 is 0. The lowest BCUT2D eigenvalue weighted by Crippen LogP contribution is -2.51. The van der Waals surface area contributed by atoms with Crippen LogP contribution in [-0.4, -0.2) is 22.1 Å². The first kappa shape index (κ1) is 20.0. The Hall–Kier alpha value is -1.94. The predicted molar refractivity (Wildman–Crippen MR) is 118 cm³/mol. The fourth-order valence-corrected chi connectivity index (χ4v) is 7.73. The molecule has 4 aliphatic carbocycles. The van der Waals surface area contributed by atoms with Crippen LogP contribution in [0.5, 0.6) is 0 Å². The molecule has 4 nitrogen and oxygen atoms in total. The molecule has 2 saturated carbocycles. The van der Waals surface area contributed by atoms with Gasteiger partial charge in [-0.25, -0.2) is 0 Å². The molecule has 1 aromatic heterocycles. The average Bonchev–Trinajstić information content (AvgIpc) is 3.10. The average molecular weight is 407 g/mol. The van der Waals surface area contributed by atoms with Crippen LogP contribution in [0.3, 0.4) is 0 Å². The van der Waals surface area contributed by atoms with Crippen molar-refractivity contribution in [2.45, 2.75) is 64.8 Å². The molecule has 2 fully saturated rings. The van der Waals surface area contributed by atoms with Crippen LogP contribution < -0.4 is 5.73 Å². The van der Waals surface area contributed by atoms with E-state index in [1.807, 2.05) is 12.4 Å². The number of hydrogen-bond donors (Lipinski definition) is 2. The molecule has 0 aromatic carbocycles. The monoisotopic (exact) mass is 406 g/mol. The lowest BCUT2D eigenvalue weighted by molar-refractivity contribution is -0.140. The van der Waals surface area contributed by atoms with Crippen LogP contribution in [0.25, 0.3) is 5.57 Å². The van der Waals surface area contributed by atoms with Crippen LogP contribution in [0.15, 0.2) is 42.3 Å². The van der Waals surface area contributed by atoms with E-state index in [4.69, 9.17) is 5.73 Å². The Balaban J connectivity index is 1.41. The Labute approximate surface area is 179 Å². The molecule has 4 heteroatoms. The molecule has 1 unspecified atom stereocenters. The third kappa shape index (κ3) is 2.83. The highest BCUT2D eigenvalue weighted by Gasteiger charge is 2.57. The van der Waals surface area contributed by atoms with Gasteiger partial charge in [0.15, 0.2) is 0 Å². The maximum absolute atomic E-state index is 11.4. The number of aliphatic carboxylic acids is 1. The molecule has 4 aliphatic rings. The lowest BCUT2D eigenvalue weighted by atomic mass is 9.46. The van der Waals surface area contributed by atoms with E-state index < -0.39 is 12.0 Å². The number of carboxylic acids is 1. The second-order valence-electron chi connectivity index (χ2n) is 10.7. The number of aromatic nitrogens is 1. The van der Waals surface area contributed by atoms with Crippen LogP contribution in [0, 0.1) is 34.5 Å². The molecule has 0 radical (unpaired) electrons. The molecular weight excluding hydrogens is 372 g/mol. The molecule has 30 heavy (non-hydrogen) atoms. The van der Waals surface area contributed by atoms with Gasteiger partial charge in [-0.05, 0) is 96.7 Å². The summed E-state index contributed by atoms with van der Waals surface area (Å²) in [6.45, 7) is 4.95. The van der Waals surface area contributed by atoms with Gasteiger partial charge in [0.25, 0.3) is 0 Å². The van der Waals surface area contributed by atoms with Crippen LogP contribution in [-0.2, 0) is 4.79 Å². The van der Waals surface area contributed by atoms with E-state index in [9.17, 15) is 9.90 Å². The molecule has 0 spiro atoms. The molecule has 7 atom stereocenters. The van der Waals surface area contributed by atoms with Gasteiger partial charge in [-0.2, -0.15) is 0 Å². The highest BCUT2D eigenvalue weighted by atomic mass is 16.4. The third-order valence-electron chi connectivity index (χ3n) is 9.49. The smallest absolute Gasteiger partial charge is 0.320 e. The van der Waals surface area contributed by atoms with Gasteiger partial charge in [0, 0.05) is 12.4 Å². The number of carbonyl (C=O) groups is 1. The lowest BCUT2D eigenvalue weighted by Gasteiger charge is -2.58. The van der Waals surface area contributed by atoms with Crippen molar-refractivity contribution >= 4 is 11.5 Å². The minimum Gasteiger partial charge on any atom is -0.480 e. The minimum absolute atomic E-state index is 0.0811. The van der Waals surface area contributed by atoms with Gasteiger partial charge in [0.2, 0.25) is 0 Å². The van der Waals surface area contributed by atoms with Crippen molar-refractivity contribution in [3.63, 3.8) is 0 Å². The SMILES string of the molecule is C[C@]12CC[C@H](C(N)C(=O)O)CC1=CC[C@@H]1[C@@H]2CC[C@]2(C)C(c3cccnc3)=CC[C@@H]12. The summed E-state index contributed by atoms with van der Waals surface area (Å²) in [7, 11) is 0. The minimum atomic E-state index is -0.855. The summed E-state index contributed by atoms with van der Waals surface area (Å²) in [5, 5.41) is 9.38. The number of fused-ring (bicyclic) bond motifs is 5. The van der Waals surface area contributed by atoms with Crippen LogP contribution in [0.4, 0.5) is 0 Å². The van der Waals surface area contributed by atoms with Crippen molar-refractivity contribution < 1.29 is 9.90 Å². The van der Waals surface area contributed by atoms with Gasteiger partial charge in [-0.3, -0.25) is 9.78 Å². The van der Waals surface area contributed by atoms with Crippen molar-refractivity contribution in [2.75, 3.05) is 0 Å². The van der Waals surface area contributed by atoms with E-state index in [0.717, 1.165) is 25.7 Å². The largest absolute Gasteiger partial charge is 0.480 e. The summed E-state index contributed by atoms with van der Waals surface area (Å²) in [6, 6.07) is 3.53. The van der Waals surface area contributed by atoms with Crippen molar-refractivity contribution in [1.29, 1.82) is 0 Å². The summed E-state index contributed by atoms with van der Waals surface area (Å²) >= 11 is 0. The first-order valence-electron chi connectivity index (χ1n) is 11.6. The number of nitrogens with two attached hydrogens (primary N) is 1. The van der Waals surface area contributed by atoms with E-state index >= 15 is 0 Å². The van der Waals surface area contributed by atoms with Crippen molar-refractivity contribution in [1.82, 2.24) is 4.98 Å². The predicted octanol–water partition coefficient (Wildman–Crippen LogP) is 5.07. The fourth-order valence-electron chi connectivity index (χ4n) is 7.73. The topological polar surface area (TPSA) is 76.2 Å². The molecule has 3 N–H and O–H groups in total. The first-order chi connectivity index (χ1) is 14.3. The fraction of sp³-hybridized carbons (Fsp3) is 0.615. The number of allylic oxidation sites excluding steroid dienone is 4. The Bertz CT molecular complexity index is 907. The van der Waals surface area contributed by atoms with E-state index in [1.54, 1.807) is 0 Å². The first-order valence-corrected chi connectivity index (χ1v) is 11.6. The number of hydrogen-bond acceptors (Lipinski definition) is 3. The molecule has 160 valence electrons. The van der Waals surface area contributed by atoms with Crippen molar-refractivity contribution in [2.24, 2.45) is 40.2 Å². The van der Waals surface area contributed by atoms with Gasteiger partial charge < -0.3 is 10.8 Å². The third-order valence-corrected chi connectivity index (χ3v) is 9.49. The number of pyridine rings is 1. The van der Waals surface area contributed by atoms with Crippen LogP contribution >= 0.6 is 0 Å². The molecule has 1 heterocycles. The standard InChI is InChI=1S/C26H34N2O2/c1-25-11-9-16(23(27)24(29)30)14-18(25)5-6-19-21-8-7-20(17-4-3-13-28-15-17)26(21,2)12-10-22(19)25/h3-5,7,13,15-16,19,21-23H,6,8-12,14,27H2,1-2H3,(H,29,30)/t16-,19-,21-,22-,23?,25-,26+/m0/s1. The van der Waals surface area contributed by atoms with Crippen LogP contribution in [0.1, 0.15) is 64.4 Å².